The summed E-state index contributed by atoms with van der Waals surface area (Å²) in [6.45, 7) is 2.46. The largest absolute Gasteiger partial charge is 0.481 e. The number of aliphatic carboxylic acids is 1. The lowest BCUT2D eigenvalue weighted by atomic mass is 10.2. The number of nitrogens with one attached hydrogen (secondary N) is 2. The van der Waals surface area contributed by atoms with E-state index in [2.05, 4.69) is 10.0 Å². The lowest BCUT2D eigenvalue weighted by Gasteiger charge is -2.14. The van der Waals surface area contributed by atoms with Gasteiger partial charge in [0, 0.05) is 30.8 Å². The van der Waals surface area contributed by atoms with E-state index in [-0.39, 0.29) is 33.3 Å². The van der Waals surface area contributed by atoms with Gasteiger partial charge in [0.25, 0.3) is 0 Å². The fourth-order valence-electron chi connectivity index (χ4n) is 3.53. The number of carboxylic acids is 1. The Balaban J connectivity index is 1.68. The lowest BCUT2D eigenvalue weighted by Crippen LogP contribution is -2.34. The highest BCUT2D eigenvalue weighted by molar-refractivity contribution is 8.00. The zero-order valence-corrected chi connectivity index (χ0v) is 17.8. The molecule has 29 heavy (non-hydrogen) atoms. The van der Waals surface area contributed by atoms with E-state index >= 15 is 0 Å². The van der Waals surface area contributed by atoms with E-state index in [1.54, 1.807) is 17.7 Å². The standard InChI is InChI=1S/C18H24N4O5S2/c1-18(7-8-18)20-29(26,27)12-4-5-13-14(9-12)22(17(25)21(13)2)16-19-10-11(28-16)3-6-15(23)24/h4-5,9,11,16,19-20H,3,6-8,10H2,1-2H3,(H,23,24). The van der Waals surface area contributed by atoms with Crippen molar-refractivity contribution in [2.75, 3.05) is 6.54 Å². The van der Waals surface area contributed by atoms with Gasteiger partial charge in [0.2, 0.25) is 10.0 Å². The van der Waals surface area contributed by atoms with Gasteiger partial charge in [-0.15, -0.1) is 11.8 Å². The molecule has 2 fully saturated rings. The van der Waals surface area contributed by atoms with Crippen LogP contribution in [-0.2, 0) is 21.9 Å². The molecule has 1 saturated carbocycles. The van der Waals surface area contributed by atoms with Gasteiger partial charge in [-0.05, 0) is 44.4 Å². The second kappa shape index (κ2) is 7.15. The number of rotatable bonds is 7. The van der Waals surface area contributed by atoms with Gasteiger partial charge in [0.1, 0.15) is 5.50 Å². The minimum atomic E-state index is -3.69. The minimum absolute atomic E-state index is 0.0710. The van der Waals surface area contributed by atoms with Crippen molar-refractivity contribution in [2.45, 2.75) is 53.8 Å². The Morgan fingerprint density at radius 3 is 2.76 bits per heavy atom. The number of sulfonamides is 1. The Labute approximate surface area is 172 Å². The molecule has 2 aromatic rings. The molecule has 0 bridgehead atoms. The number of carbonyl (C=O) groups is 1. The number of imidazole rings is 1. The van der Waals surface area contributed by atoms with Crippen LogP contribution >= 0.6 is 11.8 Å². The molecule has 0 amide bonds. The van der Waals surface area contributed by atoms with Crippen LogP contribution in [0.4, 0.5) is 0 Å². The molecule has 0 spiro atoms. The van der Waals surface area contributed by atoms with Crippen molar-refractivity contribution in [3.8, 4) is 0 Å². The quantitative estimate of drug-likeness (QED) is 0.591. The maximum Gasteiger partial charge on any atom is 0.330 e. The molecule has 2 aliphatic rings. The molecule has 9 nitrogen and oxygen atoms in total. The summed E-state index contributed by atoms with van der Waals surface area (Å²) in [4.78, 5) is 23.8. The van der Waals surface area contributed by atoms with Gasteiger partial charge < -0.3 is 5.11 Å². The average molecular weight is 441 g/mol. The third-order valence-corrected chi connectivity index (χ3v) is 8.57. The Morgan fingerprint density at radius 1 is 1.38 bits per heavy atom. The zero-order chi connectivity index (χ0) is 21.0. The topological polar surface area (TPSA) is 122 Å². The molecule has 3 N–H and O–H groups in total. The highest BCUT2D eigenvalue weighted by Crippen LogP contribution is 2.37. The molecule has 1 saturated heterocycles. The second-order valence-electron chi connectivity index (χ2n) is 7.98. The van der Waals surface area contributed by atoms with Gasteiger partial charge in [-0.25, -0.2) is 17.9 Å². The molecule has 2 atom stereocenters. The lowest BCUT2D eigenvalue weighted by molar-refractivity contribution is -0.137. The summed E-state index contributed by atoms with van der Waals surface area (Å²) in [6.07, 6.45) is 2.20. The third kappa shape index (κ3) is 3.96. The van der Waals surface area contributed by atoms with Crippen molar-refractivity contribution in [3.05, 3.63) is 28.7 Å². The monoisotopic (exact) mass is 440 g/mol. The van der Waals surface area contributed by atoms with E-state index in [0.717, 1.165) is 12.8 Å². The molecule has 2 unspecified atom stereocenters. The highest BCUT2D eigenvalue weighted by Gasteiger charge is 2.41. The summed E-state index contributed by atoms with van der Waals surface area (Å²) in [6, 6.07) is 4.71. The first-order chi connectivity index (χ1) is 13.6. The number of thioether (sulfide) groups is 1. The van der Waals surface area contributed by atoms with Gasteiger partial charge >= 0.3 is 11.7 Å². The van der Waals surface area contributed by atoms with Crippen LogP contribution in [0.25, 0.3) is 11.0 Å². The summed E-state index contributed by atoms with van der Waals surface area (Å²) >= 11 is 1.49. The van der Waals surface area contributed by atoms with Crippen LogP contribution in [-0.4, -0.2) is 46.0 Å². The molecule has 1 aromatic heterocycles. The minimum Gasteiger partial charge on any atom is -0.481 e. The van der Waals surface area contributed by atoms with Gasteiger partial charge in [-0.2, -0.15) is 0 Å². The van der Waals surface area contributed by atoms with E-state index in [1.165, 1.54) is 28.5 Å². The predicted molar refractivity (Wildman–Crippen MR) is 110 cm³/mol. The van der Waals surface area contributed by atoms with Crippen molar-refractivity contribution in [1.29, 1.82) is 0 Å². The second-order valence-corrected chi connectivity index (χ2v) is 11.0. The fraction of sp³-hybridized carbons (Fsp3) is 0.556. The van der Waals surface area contributed by atoms with E-state index in [0.29, 0.717) is 24.0 Å². The number of fused-ring (bicyclic) bond motifs is 1. The van der Waals surface area contributed by atoms with Gasteiger partial charge in [-0.1, -0.05) is 0 Å². The Morgan fingerprint density at radius 2 is 2.10 bits per heavy atom. The number of nitrogens with zero attached hydrogens (tertiary/aromatic N) is 2. The van der Waals surface area contributed by atoms with Crippen LogP contribution in [0, 0.1) is 0 Å². The normalized spacial score (nSPS) is 23.5. The van der Waals surface area contributed by atoms with Crippen LogP contribution < -0.4 is 15.7 Å². The van der Waals surface area contributed by atoms with E-state index in [1.807, 2.05) is 6.92 Å². The highest BCUT2D eigenvalue weighted by atomic mass is 32.2. The number of aryl methyl sites for hydroxylation is 1. The summed E-state index contributed by atoms with van der Waals surface area (Å²) in [7, 11) is -2.03. The molecule has 1 aliphatic heterocycles. The van der Waals surface area contributed by atoms with Crippen LogP contribution in [0.15, 0.2) is 27.9 Å². The molecular weight excluding hydrogens is 416 g/mol. The van der Waals surface area contributed by atoms with Crippen molar-refractivity contribution >= 4 is 38.8 Å². The third-order valence-electron chi connectivity index (χ3n) is 5.51. The smallest absolute Gasteiger partial charge is 0.330 e. The molecule has 11 heteroatoms. The van der Waals surface area contributed by atoms with Crippen molar-refractivity contribution in [1.82, 2.24) is 19.2 Å². The maximum atomic E-state index is 12.9. The Bertz CT molecular complexity index is 1130. The summed E-state index contributed by atoms with van der Waals surface area (Å²) < 4.78 is 31.3. The number of aromatic nitrogens is 2. The summed E-state index contributed by atoms with van der Waals surface area (Å²) in [5.41, 5.74) is 0.162. The van der Waals surface area contributed by atoms with Gasteiger partial charge in [-0.3, -0.25) is 19.2 Å². The van der Waals surface area contributed by atoms with Crippen molar-refractivity contribution < 1.29 is 18.3 Å². The van der Waals surface area contributed by atoms with Crippen LogP contribution in [0.3, 0.4) is 0 Å². The van der Waals surface area contributed by atoms with Crippen LogP contribution in [0.5, 0.6) is 0 Å². The first-order valence-electron chi connectivity index (χ1n) is 9.45. The first kappa shape index (κ1) is 20.5. The van der Waals surface area contributed by atoms with E-state index < -0.39 is 16.0 Å². The first-order valence-corrected chi connectivity index (χ1v) is 11.9. The SMILES string of the molecule is Cn1c(=O)n(C2NCC(CCC(=O)O)S2)c2cc(S(=O)(=O)NC3(C)CC3)ccc21. The molecular formula is C18H24N4O5S2. The zero-order valence-electron chi connectivity index (χ0n) is 16.2. The molecule has 4 rings (SSSR count). The molecule has 1 aliphatic carbocycles. The predicted octanol–water partition coefficient (Wildman–Crippen LogP) is 1.20. The van der Waals surface area contributed by atoms with Crippen LogP contribution in [0.1, 0.15) is 38.1 Å². The van der Waals surface area contributed by atoms with E-state index in [9.17, 15) is 18.0 Å². The Kier molecular flexibility index (Phi) is 5.04. The fourth-order valence-corrected chi connectivity index (χ4v) is 6.35. The van der Waals surface area contributed by atoms with Crippen molar-refractivity contribution in [2.24, 2.45) is 7.05 Å². The number of hydrogen-bond acceptors (Lipinski definition) is 6. The van der Waals surface area contributed by atoms with E-state index in [4.69, 9.17) is 5.11 Å². The summed E-state index contributed by atoms with van der Waals surface area (Å²) in [5.74, 6) is -0.844. The van der Waals surface area contributed by atoms with Gasteiger partial charge in [0.05, 0.1) is 15.9 Å². The number of carboxylic acid groups (broad SMARTS) is 1. The number of hydrogen-bond donors (Lipinski definition) is 3. The van der Waals surface area contributed by atoms with Gasteiger partial charge in [0.15, 0.2) is 0 Å². The average Bonchev–Trinajstić information content (AvgIpc) is 3.09. The van der Waals surface area contributed by atoms with Crippen LogP contribution in [0.2, 0.25) is 0 Å². The molecule has 158 valence electrons. The maximum absolute atomic E-state index is 12.9. The number of benzene rings is 1. The van der Waals surface area contributed by atoms with Crippen molar-refractivity contribution in [3.63, 3.8) is 0 Å². The Hall–Kier alpha value is -1.82. The molecule has 0 radical (unpaired) electrons. The molecule has 2 heterocycles. The summed E-state index contributed by atoms with van der Waals surface area (Å²) in [5, 5.41) is 12.2. The molecule has 1 aromatic carbocycles.